The molecule has 1 heterocycles. The Morgan fingerprint density at radius 3 is 2.31 bits per heavy atom. The molecule has 0 spiro atoms. The number of rotatable bonds is 6. The molecule has 3 atom stereocenters. The SMILES string of the molecule is COC(=O)C1=C(N)N(c2cccc(F)c2)C2=C(C(=O)C(C(=O)OC)C(c3ccc(OC)cc3)C2)C1c1ccccc1Cl. The van der Waals surface area contributed by atoms with E-state index in [0.29, 0.717) is 22.6 Å². The van der Waals surface area contributed by atoms with Crippen molar-refractivity contribution in [2.24, 2.45) is 11.7 Å². The van der Waals surface area contributed by atoms with Crippen molar-refractivity contribution in [2.45, 2.75) is 18.3 Å². The number of esters is 2. The second-order valence-electron chi connectivity index (χ2n) is 9.87. The number of anilines is 1. The van der Waals surface area contributed by atoms with Gasteiger partial charge in [-0.15, -0.1) is 0 Å². The van der Waals surface area contributed by atoms with Crippen LogP contribution >= 0.6 is 11.6 Å². The summed E-state index contributed by atoms with van der Waals surface area (Å²) in [6.45, 7) is 0. The Balaban J connectivity index is 1.83. The van der Waals surface area contributed by atoms with E-state index >= 15 is 0 Å². The number of nitrogens with zero attached hydrogens (tertiary/aromatic N) is 1. The van der Waals surface area contributed by atoms with E-state index in [1.54, 1.807) is 54.6 Å². The summed E-state index contributed by atoms with van der Waals surface area (Å²) in [6, 6.07) is 19.4. The third kappa shape index (κ3) is 4.90. The van der Waals surface area contributed by atoms with Crippen molar-refractivity contribution >= 4 is 35.0 Å². The summed E-state index contributed by atoms with van der Waals surface area (Å²) < 4.78 is 30.1. The van der Waals surface area contributed by atoms with Gasteiger partial charge in [-0.3, -0.25) is 14.5 Å². The van der Waals surface area contributed by atoms with Crippen LogP contribution in [0.2, 0.25) is 5.02 Å². The minimum atomic E-state index is -1.25. The van der Waals surface area contributed by atoms with Gasteiger partial charge < -0.3 is 19.9 Å². The zero-order chi connectivity index (χ0) is 30.1. The maximum Gasteiger partial charge on any atom is 0.338 e. The Hall–Kier alpha value is -4.63. The molecule has 3 aromatic rings. The van der Waals surface area contributed by atoms with Gasteiger partial charge in [0.25, 0.3) is 0 Å². The molecule has 1 aliphatic carbocycles. The zero-order valence-corrected chi connectivity index (χ0v) is 23.9. The van der Waals surface area contributed by atoms with E-state index < -0.39 is 41.3 Å². The van der Waals surface area contributed by atoms with Crippen LogP contribution in [0.4, 0.5) is 10.1 Å². The van der Waals surface area contributed by atoms with Crippen LogP contribution in [0.5, 0.6) is 5.75 Å². The van der Waals surface area contributed by atoms with Crippen molar-refractivity contribution in [2.75, 3.05) is 26.2 Å². The van der Waals surface area contributed by atoms with Crippen LogP contribution in [0.25, 0.3) is 0 Å². The topological polar surface area (TPSA) is 108 Å². The first-order valence-corrected chi connectivity index (χ1v) is 13.5. The van der Waals surface area contributed by atoms with Gasteiger partial charge in [-0.25, -0.2) is 9.18 Å². The molecule has 10 heteroatoms. The molecule has 5 rings (SSSR count). The summed E-state index contributed by atoms with van der Waals surface area (Å²) in [5.41, 5.74) is 8.60. The van der Waals surface area contributed by atoms with Gasteiger partial charge in [-0.05, 0) is 53.9 Å². The average Bonchev–Trinajstić information content (AvgIpc) is 3.00. The number of Topliss-reactive ketones (excluding diaryl/α,β-unsaturated/α-hetero) is 1. The Morgan fingerprint density at radius 1 is 0.976 bits per heavy atom. The van der Waals surface area contributed by atoms with Crippen LogP contribution in [-0.4, -0.2) is 39.1 Å². The molecule has 42 heavy (non-hydrogen) atoms. The molecule has 0 radical (unpaired) electrons. The number of hydrogen-bond donors (Lipinski definition) is 1. The summed E-state index contributed by atoms with van der Waals surface area (Å²) in [5.74, 6) is -5.08. The molecule has 3 unspecified atom stereocenters. The normalized spacial score (nSPS) is 20.3. The molecule has 216 valence electrons. The van der Waals surface area contributed by atoms with Gasteiger partial charge >= 0.3 is 11.9 Å². The Morgan fingerprint density at radius 2 is 1.69 bits per heavy atom. The van der Waals surface area contributed by atoms with E-state index in [-0.39, 0.29) is 34.1 Å². The molecular formula is C32H28ClFN2O6. The Kier molecular flexibility index (Phi) is 8.04. The summed E-state index contributed by atoms with van der Waals surface area (Å²) in [7, 11) is 3.95. The predicted molar refractivity (Wildman–Crippen MR) is 154 cm³/mol. The van der Waals surface area contributed by atoms with Gasteiger partial charge in [-0.1, -0.05) is 48.0 Å². The molecule has 0 bridgehead atoms. The van der Waals surface area contributed by atoms with Crippen LogP contribution < -0.4 is 15.4 Å². The first kappa shape index (κ1) is 28.9. The minimum absolute atomic E-state index is 0.0473. The second-order valence-corrected chi connectivity index (χ2v) is 10.3. The number of ketones is 1. The quantitative estimate of drug-likeness (QED) is 0.307. The Labute approximate surface area is 247 Å². The van der Waals surface area contributed by atoms with Gasteiger partial charge in [-0.2, -0.15) is 0 Å². The molecule has 2 N–H and O–H groups in total. The lowest BCUT2D eigenvalue weighted by Gasteiger charge is -2.44. The van der Waals surface area contributed by atoms with Gasteiger partial charge in [0.1, 0.15) is 23.3 Å². The molecule has 0 saturated heterocycles. The second kappa shape index (κ2) is 11.7. The van der Waals surface area contributed by atoms with E-state index in [2.05, 4.69) is 0 Å². The highest BCUT2D eigenvalue weighted by Crippen LogP contribution is 2.52. The summed E-state index contributed by atoms with van der Waals surface area (Å²) in [4.78, 5) is 42.8. The van der Waals surface area contributed by atoms with E-state index in [1.165, 1.54) is 44.4 Å². The largest absolute Gasteiger partial charge is 0.497 e. The predicted octanol–water partition coefficient (Wildman–Crippen LogP) is 5.23. The standard InChI is InChI=1S/C32H28ClFN2O6/c1-40-20-13-11-17(12-14-20)22-16-24-27(29(37)26(22)31(38)41-2)25(21-9-4-5-10-23(21)33)28(32(39)42-3)30(35)36(24)19-8-6-7-18(34)15-19/h4-15,22,25-26H,16,35H2,1-3H3. The van der Waals surface area contributed by atoms with E-state index in [0.717, 1.165) is 0 Å². The average molecular weight is 591 g/mol. The maximum absolute atomic E-state index is 14.6. The highest BCUT2D eigenvalue weighted by Gasteiger charge is 2.51. The third-order valence-corrected chi connectivity index (χ3v) is 8.07. The number of carbonyl (C=O) groups is 3. The first-order valence-electron chi connectivity index (χ1n) is 13.1. The lowest BCUT2D eigenvalue weighted by atomic mass is 9.67. The number of carbonyl (C=O) groups excluding carboxylic acids is 3. The molecule has 8 nitrogen and oxygen atoms in total. The van der Waals surface area contributed by atoms with Crippen molar-refractivity contribution in [3.63, 3.8) is 0 Å². The zero-order valence-electron chi connectivity index (χ0n) is 23.1. The third-order valence-electron chi connectivity index (χ3n) is 7.73. The van der Waals surface area contributed by atoms with Crippen LogP contribution in [0.15, 0.2) is 95.5 Å². The van der Waals surface area contributed by atoms with Crippen molar-refractivity contribution < 1.29 is 33.0 Å². The number of nitrogens with two attached hydrogens (primary N) is 1. The van der Waals surface area contributed by atoms with Crippen molar-refractivity contribution in [1.82, 2.24) is 0 Å². The lowest BCUT2D eigenvalue weighted by molar-refractivity contribution is -0.150. The number of allylic oxidation sites excluding steroid dienone is 2. The van der Waals surface area contributed by atoms with Crippen molar-refractivity contribution in [1.29, 1.82) is 0 Å². The van der Waals surface area contributed by atoms with Crippen LogP contribution in [0.1, 0.15) is 29.4 Å². The molecule has 2 aliphatic rings. The number of methoxy groups -OCH3 is 3. The summed E-state index contributed by atoms with van der Waals surface area (Å²) in [6.07, 6.45) is 0.125. The van der Waals surface area contributed by atoms with Gasteiger partial charge in [0, 0.05) is 22.2 Å². The lowest BCUT2D eigenvalue weighted by Crippen LogP contribution is -2.46. The number of benzene rings is 3. The number of hydrogen-bond acceptors (Lipinski definition) is 8. The van der Waals surface area contributed by atoms with Crippen molar-refractivity contribution in [3.8, 4) is 5.75 Å². The minimum Gasteiger partial charge on any atom is -0.497 e. The molecule has 3 aromatic carbocycles. The van der Waals surface area contributed by atoms with Crippen LogP contribution in [0, 0.1) is 11.7 Å². The first-order chi connectivity index (χ1) is 20.2. The van der Waals surface area contributed by atoms with Crippen LogP contribution in [0.3, 0.4) is 0 Å². The molecule has 0 amide bonds. The molecule has 0 fully saturated rings. The smallest absolute Gasteiger partial charge is 0.338 e. The van der Waals surface area contributed by atoms with Gasteiger partial charge in [0.2, 0.25) is 0 Å². The molecule has 0 aromatic heterocycles. The summed E-state index contributed by atoms with van der Waals surface area (Å²) in [5, 5.41) is 0.280. The van der Waals surface area contributed by atoms with E-state index in [4.69, 9.17) is 31.5 Å². The van der Waals surface area contributed by atoms with Crippen molar-refractivity contribution in [3.05, 3.63) is 117 Å². The highest BCUT2D eigenvalue weighted by atomic mass is 35.5. The fourth-order valence-corrected chi connectivity index (χ4v) is 6.07. The highest BCUT2D eigenvalue weighted by molar-refractivity contribution is 6.31. The molecule has 1 aliphatic heterocycles. The summed E-state index contributed by atoms with van der Waals surface area (Å²) >= 11 is 6.63. The fraction of sp³-hybridized carbons (Fsp3) is 0.219. The Bertz CT molecular complexity index is 1630. The van der Waals surface area contributed by atoms with E-state index in [9.17, 15) is 18.8 Å². The molecular weight excluding hydrogens is 563 g/mol. The molecule has 0 saturated carbocycles. The number of halogens is 2. The van der Waals surface area contributed by atoms with Gasteiger partial charge in [0.05, 0.1) is 38.5 Å². The van der Waals surface area contributed by atoms with Crippen LogP contribution in [-0.2, 0) is 23.9 Å². The maximum atomic E-state index is 14.6. The van der Waals surface area contributed by atoms with Gasteiger partial charge in [0.15, 0.2) is 5.78 Å². The van der Waals surface area contributed by atoms with E-state index in [1.807, 2.05) is 0 Å². The number of ether oxygens (including phenoxy) is 3. The monoisotopic (exact) mass is 590 g/mol. The fourth-order valence-electron chi connectivity index (χ4n) is 5.83.